The molecule has 1 aromatic heterocycles. The first-order valence-electron chi connectivity index (χ1n) is 4.64. The zero-order valence-electron chi connectivity index (χ0n) is 8.48. The number of hydrogen-bond donors (Lipinski definition) is 1. The standard InChI is InChI=1S/C11H6ClFN4/c12-7-1-3-8(4-2-7)15-10-5-9(13)16-11(6-14)17-10/h1-5H,(H,15,16,17). The number of nitrogens with zero attached hydrogens (tertiary/aromatic N) is 3. The number of benzene rings is 1. The second-order valence-electron chi connectivity index (χ2n) is 3.14. The highest BCUT2D eigenvalue weighted by Gasteiger charge is 2.03. The molecule has 0 saturated heterocycles. The van der Waals surface area contributed by atoms with E-state index < -0.39 is 5.95 Å². The molecule has 84 valence electrons. The van der Waals surface area contributed by atoms with Crippen molar-refractivity contribution < 1.29 is 4.39 Å². The summed E-state index contributed by atoms with van der Waals surface area (Å²) < 4.78 is 13.0. The average molecular weight is 249 g/mol. The Morgan fingerprint density at radius 3 is 2.59 bits per heavy atom. The van der Waals surface area contributed by atoms with Crippen molar-refractivity contribution in [2.24, 2.45) is 0 Å². The molecule has 0 radical (unpaired) electrons. The molecule has 4 nitrogen and oxygen atoms in total. The lowest BCUT2D eigenvalue weighted by Gasteiger charge is -2.05. The Morgan fingerprint density at radius 2 is 1.94 bits per heavy atom. The maximum absolute atomic E-state index is 13.0. The molecule has 6 heteroatoms. The van der Waals surface area contributed by atoms with Gasteiger partial charge < -0.3 is 5.32 Å². The van der Waals surface area contributed by atoms with Crippen LogP contribution in [0.25, 0.3) is 0 Å². The summed E-state index contributed by atoms with van der Waals surface area (Å²) in [5, 5.41) is 12.0. The van der Waals surface area contributed by atoms with Crippen LogP contribution in [0.1, 0.15) is 5.82 Å². The third-order valence-electron chi connectivity index (χ3n) is 1.91. The fraction of sp³-hybridized carbons (Fsp3) is 0. The SMILES string of the molecule is N#Cc1nc(F)cc(Nc2ccc(Cl)cc2)n1. The second-order valence-corrected chi connectivity index (χ2v) is 3.58. The van der Waals surface area contributed by atoms with E-state index in [2.05, 4.69) is 15.3 Å². The molecule has 0 atom stereocenters. The van der Waals surface area contributed by atoms with Crippen molar-refractivity contribution in [2.75, 3.05) is 5.32 Å². The first kappa shape index (κ1) is 11.3. The monoisotopic (exact) mass is 248 g/mol. The lowest BCUT2D eigenvalue weighted by Crippen LogP contribution is -1.99. The summed E-state index contributed by atoms with van der Waals surface area (Å²) in [5.41, 5.74) is 0.691. The van der Waals surface area contributed by atoms with Crippen molar-refractivity contribution in [1.29, 1.82) is 5.26 Å². The average Bonchev–Trinajstić information content (AvgIpc) is 2.31. The van der Waals surface area contributed by atoms with Gasteiger partial charge in [0.15, 0.2) is 0 Å². The zero-order chi connectivity index (χ0) is 12.3. The van der Waals surface area contributed by atoms with Crippen LogP contribution in [-0.4, -0.2) is 9.97 Å². The fourth-order valence-electron chi connectivity index (χ4n) is 1.21. The molecule has 0 aliphatic carbocycles. The molecular formula is C11H6ClFN4. The van der Waals surface area contributed by atoms with E-state index in [1.165, 1.54) is 0 Å². The fourth-order valence-corrected chi connectivity index (χ4v) is 1.34. The van der Waals surface area contributed by atoms with Crippen LogP contribution in [0.3, 0.4) is 0 Å². The molecule has 0 saturated carbocycles. The largest absolute Gasteiger partial charge is 0.340 e. The van der Waals surface area contributed by atoms with Crippen LogP contribution in [0.5, 0.6) is 0 Å². The normalized spacial score (nSPS) is 9.71. The molecule has 0 fully saturated rings. The number of rotatable bonds is 2. The number of anilines is 2. The van der Waals surface area contributed by atoms with Crippen LogP contribution >= 0.6 is 11.6 Å². The van der Waals surface area contributed by atoms with Crippen LogP contribution < -0.4 is 5.32 Å². The summed E-state index contributed by atoms with van der Waals surface area (Å²) in [5.74, 6) is -0.758. The van der Waals surface area contributed by atoms with E-state index in [0.717, 1.165) is 6.07 Å². The minimum atomic E-state index is -0.756. The highest BCUT2D eigenvalue weighted by molar-refractivity contribution is 6.30. The van der Waals surface area contributed by atoms with Gasteiger partial charge in [0, 0.05) is 16.8 Å². The molecule has 2 aromatic rings. The third kappa shape index (κ3) is 2.89. The lowest BCUT2D eigenvalue weighted by molar-refractivity contribution is 0.578. The van der Waals surface area contributed by atoms with Crippen LogP contribution in [0, 0.1) is 17.3 Å². The molecule has 0 aliphatic heterocycles. The Labute approximate surface area is 102 Å². The predicted octanol–water partition coefficient (Wildman–Crippen LogP) is 2.88. The van der Waals surface area contributed by atoms with Gasteiger partial charge in [0.2, 0.25) is 11.8 Å². The van der Waals surface area contributed by atoms with E-state index in [4.69, 9.17) is 16.9 Å². The Kier molecular flexibility index (Phi) is 3.17. The van der Waals surface area contributed by atoms with Crippen LogP contribution in [-0.2, 0) is 0 Å². The highest BCUT2D eigenvalue weighted by Crippen LogP contribution is 2.17. The molecule has 0 bridgehead atoms. The first-order valence-corrected chi connectivity index (χ1v) is 5.02. The van der Waals surface area contributed by atoms with E-state index in [0.29, 0.717) is 10.7 Å². The molecule has 0 unspecified atom stereocenters. The molecular weight excluding hydrogens is 243 g/mol. The van der Waals surface area contributed by atoms with Gasteiger partial charge >= 0.3 is 0 Å². The molecule has 1 heterocycles. The summed E-state index contributed by atoms with van der Waals surface area (Å²) in [6.07, 6.45) is 0. The molecule has 0 amide bonds. The summed E-state index contributed by atoms with van der Waals surface area (Å²) in [6.45, 7) is 0. The Hall–Kier alpha value is -2.19. The Morgan fingerprint density at radius 1 is 1.24 bits per heavy atom. The Bertz CT molecular complexity index is 577. The van der Waals surface area contributed by atoms with Gasteiger partial charge in [-0.3, -0.25) is 0 Å². The first-order chi connectivity index (χ1) is 8.17. The quantitative estimate of drug-likeness (QED) is 0.830. The van der Waals surface area contributed by atoms with Gasteiger partial charge in [-0.2, -0.15) is 14.6 Å². The molecule has 2 rings (SSSR count). The van der Waals surface area contributed by atoms with Crippen molar-refractivity contribution in [2.45, 2.75) is 0 Å². The van der Waals surface area contributed by atoms with E-state index in [1.54, 1.807) is 30.3 Å². The van der Waals surface area contributed by atoms with Crippen molar-refractivity contribution in [3.63, 3.8) is 0 Å². The highest BCUT2D eigenvalue weighted by atomic mass is 35.5. The smallest absolute Gasteiger partial charge is 0.236 e. The molecule has 17 heavy (non-hydrogen) atoms. The predicted molar refractivity (Wildman–Crippen MR) is 61.4 cm³/mol. The third-order valence-corrected chi connectivity index (χ3v) is 2.16. The second kappa shape index (κ2) is 4.76. The van der Waals surface area contributed by atoms with E-state index >= 15 is 0 Å². The summed E-state index contributed by atoms with van der Waals surface area (Å²) in [7, 11) is 0. The number of hydrogen-bond acceptors (Lipinski definition) is 4. The minimum Gasteiger partial charge on any atom is -0.340 e. The van der Waals surface area contributed by atoms with Gasteiger partial charge in [0.1, 0.15) is 11.9 Å². The van der Waals surface area contributed by atoms with Gasteiger partial charge in [-0.1, -0.05) is 11.6 Å². The van der Waals surface area contributed by atoms with Gasteiger partial charge in [-0.25, -0.2) is 4.98 Å². The van der Waals surface area contributed by atoms with Crippen molar-refractivity contribution >= 4 is 23.1 Å². The Balaban J connectivity index is 2.27. The molecule has 0 spiro atoms. The van der Waals surface area contributed by atoms with Crippen molar-refractivity contribution in [1.82, 2.24) is 9.97 Å². The number of nitriles is 1. The maximum Gasteiger partial charge on any atom is 0.236 e. The van der Waals surface area contributed by atoms with E-state index in [9.17, 15) is 4.39 Å². The zero-order valence-corrected chi connectivity index (χ0v) is 9.24. The molecule has 1 aromatic carbocycles. The maximum atomic E-state index is 13.0. The van der Waals surface area contributed by atoms with Gasteiger partial charge in [0.05, 0.1) is 0 Å². The van der Waals surface area contributed by atoms with Crippen molar-refractivity contribution in [3.8, 4) is 6.07 Å². The van der Waals surface area contributed by atoms with E-state index in [1.807, 2.05) is 0 Å². The summed E-state index contributed by atoms with van der Waals surface area (Å²) >= 11 is 5.73. The summed E-state index contributed by atoms with van der Waals surface area (Å²) in [6, 6.07) is 9.59. The number of halogens is 2. The van der Waals surface area contributed by atoms with Gasteiger partial charge in [-0.05, 0) is 24.3 Å². The summed E-state index contributed by atoms with van der Waals surface area (Å²) in [4.78, 5) is 7.12. The van der Waals surface area contributed by atoms with Crippen LogP contribution in [0.2, 0.25) is 5.02 Å². The van der Waals surface area contributed by atoms with Crippen LogP contribution in [0.15, 0.2) is 30.3 Å². The molecule has 0 aliphatic rings. The van der Waals surface area contributed by atoms with E-state index in [-0.39, 0.29) is 11.6 Å². The van der Waals surface area contributed by atoms with Crippen molar-refractivity contribution in [3.05, 3.63) is 47.1 Å². The van der Waals surface area contributed by atoms with Gasteiger partial charge in [0.25, 0.3) is 0 Å². The van der Waals surface area contributed by atoms with Crippen LogP contribution in [0.4, 0.5) is 15.9 Å². The minimum absolute atomic E-state index is 0.219. The van der Waals surface area contributed by atoms with Gasteiger partial charge in [-0.15, -0.1) is 0 Å². The number of nitrogens with one attached hydrogen (secondary N) is 1. The number of aromatic nitrogens is 2. The lowest BCUT2D eigenvalue weighted by atomic mass is 10.3. The topological polar surface area (TPSA) is 61.6 Å². The molecule has 1 N–H and O–H groups in total.